The molecule has 0 N–H and O–H groups in total. The topological polar surface area (TPSA) is 0 Å². The Bertz CT molecular complexity index is 499. The van der Waals surface area contributed by atoms with Gasteiger partial charge in [-0.1, -0.05) is 30.0 Å². The molecule has 114 valence electrons. The normalized spacial score (nSPS) is 13.2. The molecule has 1 unspecified atom stereocenters. The third kappa shape index (κ3) is 7.05. The standard InChI is InChI=1S/C12H13.C5H5.CH3.2ClH.Zr/c1-8-6-10(3)12-9(2)4-5-11(12)7-8;1-2-4-5-3-1;;;;/h5-7,9H,1-3H3;1-5H;1H3;2*1H;/q3*-1;;;+2/p-2. The minimum Gasteiger partial charge on any atom is -1.00 e. The molecule has 0 nitrogen and oxygen atoms in total. The van der Waals surface area contributed by atoms with Crippen molar-refractivity contribution in [3.63, 3.8) is 0 Å². The Morgan fingerprint density at radius 3 is 2.10 bits per heavy atom. The van der Waals surface area contributed by atoms with Crippen LogP contribution in [0.5, 0.6) is 0 Å². The van der Waals surface area contributed by atoms with E-state index in [1.165, 1.54) is 22.3 Å². The minimum atomic E-state index is 0. The summed E-state index contributed by atoms with van der Waals surface area (Å²) in [5, 5.41) is 0. The summed E-state index contributed by atoms with van der Waals surface area (Å²) < 4.78 is 0. The summed E-state index contributed by atoms with van der Waals surface area (Å²) in [7, 11) is 0. The molecule has 1 atom stereocenters. The maximum Gasteiger partial charge on any atom is 2.00 e. The Morgan fingerprint density at radius 1 is 1.05 bits per heavy atom. The van der Waals surface area contributed by atoms with Crippen molar-refractivity contribution in [3.8, 4) is 0 Å². The van der Waals surface area contributed by atoms with Gasteiger partial charge < -0.3 is 32.2 Å². The number of allylic oxidation sites excluding steroid dienone is 1. The molecular formula is C18H21Cl2Zr-3. The molecular weight excluding hydrogens is 378 g/mol. The van der Waals surface area contributed by atoms with Gasteiger partial charge in [0.25, 0.3) is 0 Å². The molecule has 1 aliphatic carbocycles. The largest absolute Gasteiger partial charge is 2.00 e. The summed E-state index contributed by atoms with van der Waals surface area (Å²) in [6, 6.07) is 14.5. The van der Waals surface area contributed by atoms with Crippen LogP contribution in [0, 0.1) is 27.4 Å². The first-order valence-corrected chi connectivity index (χ1v) is 6.05. The van der Waals surface area contributed by atoms with Crippen LogP contribution in [-0.2, 0) is 26.2 Å². The molecule has 0 saturated heterocycles. The molecule has 3 rings (SSSR count). The van der Waals surface area contributed by atoms with Gasteiger partial charge in [0, 0.05) is 0 Å². The molecule has 21 heavy (non-hydrogen) atoms. The molecule has 2 aromatic carbocycles. The van der Waals surface area contributed by atoms with E-state index in [-0.39, 0.29) is 58.4 Å². The van der Waals surface area contributed by atoms with Gasteiger partial charge in [0.15, 0.2) is 0 Å². The number of fused-ring (bicyclic) bond motifs is 1. The Labute approximate surface area is 161 Å². The van der Waals surface area contributed by atoms with Crippen LogP contribution in [-0.4, -0.2) is 0 Å². The summed E-state index contributed by atoms with van der Waals surface area (Å²) >= 11 is 0. The van der Waals surface area contributed by atoms with Crippen molar-refractivity contribution in [1.82, 2.24) is 0 Å². The van der Waals surface area contributed by atoms with E-state index in [2.05, 4.69) is 45.1 Å². The average Bonchev–Trinajstić information content (AvgIpc) is 2.91. The van der Waals surface area contributed by atoms with Gasteiger partial charge >= 0.3 is 26.2 Å². The van der Waals surface area contributed by atoms with E-state index in [1.54, 1.807) is 0 Å². The summed E-state index contributed by atoms with van der Waals surface area (Å²) in [5.41, 5.74) is 5.57. The van der Waals surface area contributed by atoms with Gasteiger partial charge in [0.05, 0.1) is 0 Å². The molecule has 0 aliphatic heterocycles. The number of aryl methyl sites for hydroxylation is 2. The van der Waals surface area contributed by atoms with E-state index in [4.69, 9.17) is 0 Å². The first-order valence-electron chi connectivity index (χ1n) is 6.05. The van der Waals surface area contributed by atoms with Gasteiger partial charge in [-0.3, -0.25) is 6.08 Å². The average molecular weight is 399 g/mol. The van der Waals surface area contributed by atoms with Gasteiger partial charge in [0.1, 0.15) is 0 Å². The Hall–Kier alpha value is -0.227. The van der Waals surface area contributed by atoms with Gasteiger partial charge in [-0.05, 0) is 13.8 Å². The molecule has 0 aromatic heterocycles. The number of hydrogen-bond donors (Lipinski definition) is 0. The number of halogens is 2. The first kappa shape index (κ1) is 25.7. The van der Waals surface area contributed by atoms with Crippen molar-refractivity contribution in [1.29, 1.82) is 0 Å². The van der Waals surface area contributed by atoms with Crippen molar-refractivity contribution >= 4 is 6.08 Å². The van der Waals surface area contributed by atoms with Crippen molar-refractivity contribution in [2.75, 3.05) is 0 Å². The second-order valence-corrected chi connectivity index (χ2v) is 4.58. The van der Waals surface area contributed by atoms with Gasteiger partial charge in [-0.15, -0.1) is 11.6 Å². The second-order valence-electron chi connectivity index (χ2n) is 4.58. The monoisotopic (exact) mass is 397 g/mol. The van der Waals surface area contributed by atoms with Crippen LogP contribution in [0.1, 0.15) is 35.1 Å². The number of hydrogen-bond acceptors (Lipinski definition) is 0. The van der Waals surface area contributed by atoms with Crippen molar-refractivity contribution in [2.24, 2.45) is 0 Å². The second kappa shape index (κ2) is 12.3. The van der Waals surface area contributed by atoms with Crippen LogP contribution in [0.25, 0.3) is 6.08 Å². The Balaban J connectivity index is -0.000000316. The quantitative estimate of drug-likeness (QED) is 0.504. The van der Waals surface area contributed by atoms with E-state index >= 15 is 0 Å². The Morgan fingerprint density at radius 2 is 1.62 bits per heavy atom. The predicted molar refractivity (Wildman–Crippen MR) is 80.5 cm³/mol. The molecule has 0 amide bonds. The van der Waals surface area contributed by atoms with E-state index in [9.17, 15) is 0 Å². The van der Waals surface area contributed by atoms with E-state index in [0.29, 0.717) is 5.92 Å². The predicted octanol–water partition coefficient (Wildman–Crippen LogP) is -0.902. The fourth-order valence-electron chi connectivity index (χ4n) is 2.34. The van der Waals surface area contributed by atoms with E-state index in [0.717, 1.165) is 0 Å². The van der Waals surface area contributed by atoms with Crippen LogP contribution in [0.2, 0.25) is 0 Å². The van der Waals surface area contributed by atoms with Crippen LogP contribution < -0.4 is 24.8 Å². The molecule has 0 heterocycles. The molecule has 0 radical (unpaired) electrons. The van der Waals surface area contributed by atoms with Gasteiger partial charge in [-0.2, -0.15) is 23.8 Å². The molecule has 0 spiro atoms. The maximum absolute atomic E-state index is 3.33. The zero-order valence-corrected chi connectivity index (χ0v) is 16.9. The van der Waals surface area contributed by atoms with Crippen LogP contribution in [0.15, 0.2) is 42.5 Å². The van der Waals surface area contributed by atoms with Crippen molar-refractivity contribution in [3.05, 3.63) is 78.2 Å². The van der Waals surface area contributed by atoms with Gasteiger partial charge in [0.2, 0.25) is 0 Å². The summed E-state index contributed by atoms with van der Waals surface area (Å²) in [4.78, 5) is 0. The third-order valence-corrected chi connectivity index (χ3v) is 3.04. The zero-order chi connectivity index (χ0) is 12.3. The third-order valence-electron chi connectivity index (χ3n) is 3.04. The summed E-state index contributed by atoms with van der Waals surface area (Å²) in [5.74, 6) is 0.487. The fraction of sp³-hybridized carbons (Fsp3) is 0.222. The maximum atomic E-state index is 3.33. The summed E-state index contributed by atoms with van der Waals surface area (Å²) in [6.07, 6.45) is 5.44. The van der Waals surface area contributed by atoms with Crippen molar-refractivity contribution in [2.45, 2.75) is 26.7 Å². The minimum absolute atomic E-state index is 0. The molecule has 0 saturated carbocycles. The molecule has 0 fully saturated rings. The van der Waals surface area contributed by atoms with Crippen LogP contribution in [0.3, 0.4) is 0 Å². The number of benzene rings is 1. The zero-order valence-electron chi connectivity index (χ0n) is 13.0. The Kier molecular flexibility index (Phi) is 15.1. The molecule has 0 bridgehead atoms. The van der Waals surface area contributed by atoms with Gasteiger partial charge in [-0.25, -0.2) is 18.2 Å². The van der Waals surface area contributed by atoms with E-state index < -0.39 is 0 Å². The molecule has 1 aliphatic rings. The smallest absolute Gasteiger partial charge is 1.00 e. The van der Waals surface area contributed by atoms with Crippen LogP contribution in [0.4, 0.5) is 0 Å². The summed E-state index contributed by atoms with van der Waals surface area (Å²) in [6.45, 7) is 6.53. The number of rotatable bonds is 0. The SMILES string of the molecule is Cc1cc(C)c2c(c1)C=[C-]C2C.[CH3-].[Cl-].[Cl-].[Zr+2].c1cc[cH-]c1. The first-order chi connectivity index (χ1) is 8.18. The molecule has 3 heteroatoms. The molecule has 2 aromatic rings. The van der Waals surface area contributed by atoms with E-state index in [1.807, 2.05) is 30.3 Å². The fourth-order valence-corrected chi connectivity index (χ4v) is 2.34. The van der Waals surface area contributed by atoms with Crippen molar-refractivity contribution < 1.29 is 51.0 Å². The van der Waals surface area contributed by atoms with Crippen LogP contribution >= 0.6 is 0 Å².